The molecule has 5 rings (SSSR count). The third-order valence-corrected chi connectivity index (χ3v) is 6.93. The number of amides is 1. The molecule has 1 aliphatic rings. The molecular formula is C23H19N3OS2. The van der Waals surface area contributed by atoms with Crippen molar-refractivity contribution >= 4 is 39.9 Å². The summed E-state index contributed by atoms with van der Waals surface area (Å²) < 4.78 is 0. The maximum Gasteiger partial charge on any atom is 0.238 e. The van der Waals surface area contributed by atoms with Crippen LogP contribution in [0.15, 0.2) is 77.1 Å². The zero-order valence-corrected chi connectivity index (χ0v) is 17.2. The van der Waals surface area contributed by atoms with Crippen LogP contribution in [0, 0.1) is 0 Å². The van der Waals surface area contributed by atoms with E-state index in [1.54, 1.807) is 11.3 Å². The highest BCUT2D eigenvalue weighted by molar-refractivity contribution is 8.00. The van der Waals surface area contributed by atoms with Crippen LogP contribution >= 0.6 is 23.1 Å². The van der Waals surface area contributed by atoms with E-state index in [0.29, 0.717) is 11.9 Å². The van der Waals surface area contributed by atoms with Crippen LogP contribution < -0.4 is 5.32 Å². The van der Waals surface area contributed by atoms with Gasteiger partial charge in [-0.3, -0.25) is 4.79 Å². The van der Waals surface area contributed by atoms with Crippen molar-refractivity contribution < 1.29 is 4.79 Å². The molecule has 144 valence electrons. The van der Waals surface area contributed by atoms with Gasteiger partial charge in [-0.1, -0.05) is 66.4 Å². The molecule has 1 atom stereocenters. The third-order valence-electron chi connectivity index (χ3n) is 4.80. The maximum atomic E-state index is 13.1. The number of carbonyl (C=O) groups excluding carboxylic acids is 1. The quantitative estimate of drug-likeness (QED) is 0.334. The molecule has 0 radical (unpaired) electrons. The van der Waals surface area contributed by atoms with Gasteiger partial charge in [-0.05, 0) is 35.9 Å². The van der Waals surface area contributed by atoms with Gasteiger partial charge in [0.25, 0.3) is 0 Å². The highest BCUT2D eigenvalue weighted by Crippen LogP contribution is 2.39. The number of nitrogens with zero attached hydrogens (tertiary/aromatic N) is 2. The molecule has 1 aliphatic carbocycles. The monoisotopic (exact) mass is 417 g/mol. The van der Waals surface area contributed by atoms with E-state index in [0.717, 1.165) is 39.2 Å². The molecule has 0 saturated heterocycles. The molecule has 6 heteroatoms. The number of hydrogen-bond acceptors (Lipinski definition) is 5. The fraction of sp³-hybridized carbons (Fsp3) is 0.174. The molecule has 4 nitrogen and oxygen atoms in total. The summed E-state index contributed by atoms with van der Waals surface area (Å²) in [6.45, 7) is 0. The van der Waals surface area contributed by atoms with Crippen molar-refractivity contribution in [2.45, 2.75) is 29.2 Å². The van der Waals surface area contributed by atoms with Gasteiger partial charge in [0.05, 0.1) is 10.4 Å². The fourth-order valence-corrected chi connectivity index (χ4v) is 4.96. The van der Waals surface area contributed by atoms with Crippen LogP contribution in [0.2, 0.25) is 0 Å². The van der Waals surface area contributed by atoms with E-state index in [2.05, 4.69) is 5.32 Å². The van der Waals surface area contributed by atoms with Crippen molar-refractivity contribution in [2.24, 2.45) is 0 Å². The van der Waals surface area contributed by atoms with Crippen LogP contribution in [0.3, 0.4) is 0 Å². The number of para-hydroxylation sites is 1. The summed E-state index contributed by atoms with van der Waals surface area (Å²) in [4.78, 5) is 23.7. The molecule has 1 fully saturated rings. The second-order valence-electron chi connectivity index (χ2n) is 7.04. The van der Waals surface area contributed by atoms with Crippen molar-refractivity contribution in [2.75, 3.05) is 0 Å². The van der Waals surface area contributed by atoms with Crippen LogP contribution in [-0.2, 0) is 4.79 Å². The summed E-state index contributed by atoms with van der Waals surface area (Å²) in [7, 11) is 0. The molecule has 1 amide bonds. The number of rotatable bonds is 6. The van der Waals surface area contributed by atoms with Crippen LogP contribution in [0.4, 0.5) is 0 Å². The van der Waals surface area contributed by atoms with Crippen molar-refractivity contribution in [3.05, 3.63) is 77.7 Å². The molecule has 29 heavy (non-hydrogen) atoms. The molecule has 4 aromatic rings. The summed E-state index contributed by atoms with van der Waals surface area (Å²) in [6, 6.07) is 22.3. The van der Waals surface area contributed by atoms with Gasteiger partial charge in [0.15, 0.2) is 5.82 Å². The molecular weight excluding hydrogens is 398 g/mol. The van der Waals surface area contributed by atoms with Crippen LogP contribution in [0.25, 0.3) is 21.6 Å². The molecule has 2 aromatic carbocycles. The van der Waals surface area contributed by atoms with Gasteiger partial charge in [0.2, 0.25) is 5.91 Å². The number of thioether (sulfide) groups is 1. The zero-order chi connectivity index (χ0) is 19.6. The van der Waals surface area contributed by atoms with Gasteiger partial charge < -0.3 is 5.32 Å². The predicted octanol–water partition coefficient (Wildman–Crippen LogP) is 5.47. The number of carbonyl (C=O) groups is 1. The smallest absolute Gasteiger partial charge is 0.238 e. The number of thiophene rings is 1. The van der Waals surface area contributed by atoms with Crippen molar-refractivity contribution in [3.8, 4) is 10.7 Å². The zero-order valence-electron chi connectivity index (χ0n) is 15.6. The number of aromatic nitrogens is 2. The Morgan fingerprint density at radius 1 is 1.00 bits per heavy atom. The van der Waals surface area contributed by atoms with Crippen molar-refractivity contribution in [1.82, 2.24) is 15.3 Å². The lowest BCUT2D eigenvalue weighted by atomic mass is 10.1. The average molecular weight is 418 g/mol. The largest absolute Gasteiger partial charge is 0.352 e. The minimum atomic E-state index is -0.355. The van der Waals surface area contributed by atoms with E-state index in [-0.39, 0.29) is 11.2 Å². The maximum absolute atomic E-state index is 13.1. The molecule has 0 spiro atoms. The van der Waals surface area contributed by atoms with E-state index in [1.807, 2.05) is 72.1 Å². The Balaban J connectivity index is 1.58. The Labute approximate surface area is 177 Å². The Morgan fingerprint density at radius 3 is 2.55 bits per heavy atom. The summed E-state index contributed by atoms with van der Waals surface area (Å²) in [5, 5.41) is 6.63. The molecule has 0 aliphatic heterocycles. The Kier molecular flexibility index (Phi) is 5.04. The fourth-order valence-electron chi connectivity index (χ4n) is 3.17. The Morgan fingerprint density at radius 2 is 1.79 bits per heavy atom. The van der Waals surface area contributed by atoms with E-state index in [9.17, 15) is 4.79 Å². The molecule has 2 aromatic heterocycles. The molecule has 0 unspecified atom stereocenters. The van der Waals surface area contributed by atoms with E-state index < -0.39 is 0 Å². The SMILES string of the molecule is O=C(NC1CC1)[C@@H](Sc1nc(-c2cccs2)nc2ccccc12)c1ccccc1. The van der Waals surface area contributed by atoms with Crippen molar-refractivity contribution in [3.63, 3.8) is 0 Å². The first-order valence-corrected chi connectivity index (χ1v) is 11.4. The Hall–Kier alpha value is -2.70. The molecule has 2 heterocycles. The van der Waals surface area contributed by atoms with Crippen LogP contribution in [0.1, 0.15) is 23.7 Å². The van der Waals surface area contributed by atoms with Gasteiger partial charge in [0.1, 0.15) is 10.3 Å². The molecule has 0 bridgehead atoms. The summed E-state index contributed by atoms with van der Waals surface area (Å²) >= 11 is 3.12. The number of benzene rings is 2. The molecule has 1 saturated carbocycles. The minimum absolute atomic E-state index is 0.0454. The first kappa shape index (κ1) is 18.3. The lowest BCUT2D eigenvalue weighted by Gasteiger charge is -2.17. The average Bonchev–Trinajstić information content (AvgIpc) is 3.40. The van der Waals surface area contributed by atoms with Gasteiger partial charge in [-0.2, -0.15) is 0 Å². The lowest BCUT2D eigenvalue weighted by Crippen LogP contribution is -2.29. The van der Waals surface area contributed by atoms with E-state index in [4.69, 9.17) is 9.97 Å². The van der Waals surface area contributed by atoms with Crippen molar-refractivity contribution in [1.29, 1.82) is 0 Å². The summed E-state index contributed by atoms with van der Waals surface area (Å²) in [5.41, 5.74) is 1.87. The second kappa shape index (κ2) is 7.97. The van der Waals surface area contributed by atoms with E-state index in [1.165, 1.54) is 11.8 Å². The van der Waals surface area contributed by atoms with Crippen LogP contribution in [-0.4, -0.2) is 21.9 Å². The Bertz CT molecular complexity index is 1140. The van der Waals surface area contributed by atoms with Crippen LogP contribution in [0.5, 0.6) is 0 Å². The summed E-state index contributed by atoms with van der Waals surface area (Å²) in [5.74, 6) is 0.750. The van der Waals surface area contributed by atoms with Gasteiger partial charge >= 0.3 is 0 Å². The topological polar surface area (TPSA) is 54.9 Å². The summed E-state index contributed by atoms with van der Waals surface area (Å²) in [6.07, 6.45) is 2.13. The van der Waals surface area contributed by atoms with Gasteiger partial charge in [-0.15, -0.1) is 11.3 Å². The minimum Gasteiger partial charge on any atom is -0.352 e. The number of hydrogen-bond donors (Lipinski definition) is 1. The standard InChI is InChI=1S/C23H19N3OS2/c27-22(24-16-12-13-16)20(15-7-2-1-3-8-15)29-23-17-9-4-5-10-18(17)25-21(26-23)19-11-6-14-28-19/h1-11,14,16,20H,12-13H2,(H,24,27)/t20-/m0/s1. The second-order valence-corrected chi connectivity index (χ2v) is 9.08. The first-order chi connectivity index (χ1) is 14.3. The number of nitrogens with one attached hydrogen (secondary N) is 1. The van der Waals surface area contributed by atoms with Gasteiger partial charge in [-0.25, -0.2) is 9.97 Å². The number of fused-ring (bicyclic) bond motifs is 1. The molecule has 1 N–H and O–H groups in total. The highest BCUT2D eigenvalue weighted by Gasteiger charge is 2.30. The van der Waals surface area contributed by atoms with Gasteiger partial charge in [0, 0.05) is 11.4 Å². The first-order valence-electron chi connectivity index (χ1n) is 9.60. The predicted molar refractivity (Wildman–Crippen MR) is 119 cm³/mol. The lowest BCUT2D eigenvalue weighted by molar-refractivity contribution is -0.120. The third kappa shape index (κ3) is 4.04. The van der Waals surface area contributed by atoms with E-state index >= 15 is 0 Å². The normalized spacial score (nSPS) is 14.6. The highest BCUT2D eigenvalue weighted by atomic mass is 32.2.